The van der Waals surface area contributed by atoms with Gasteiger partial charge < -0.3 is 26.0 Å². The molecular weight excluding hydrogens is 667 g/mol. The number of ketones is 1. The molecule has 3 fully saturated rings. The van der Waals surface area contributed by atoms with Crippen LogP contribution in [0.4, 0.5) is 4.79 Å². The lowest BCUT2D eigenvalue weighted by Gasteiger charge is -2.36. The second-order valence-corrected chi connectivity index (χ2v) is 15.0. The number of nitrogens with one attached hydrogen (secondary N) is 4. The summed E-state index contributed by atoms with van der Waals surface area (Å²) < 4.78 is 6.17. The maximum Gasteiger partial charge on any atom is 0.408 e. The Morgan fingerprint density at radius 2 is 1.63 bits per heavy atom. The smallest absolute Gasteiger partial charge is 0.408 e. The Labute approximate surface area is 297 Å². The van der Waals surface area contributed by atoms with E-state index in [0.717, 1.165) is 50.5 Å². The molecule has 3 aliphatic rings. The van der Waals surface area contributed by atoms with Gasteiger partial charge in [0.05, 0.1) is 6.04 Å². The molecule has 0 aromatic heterocycles. The van der Waals surface area contributed by atoms with Crippen LogP contribution in [-0.4, -0.2) is 54.3 Å². The van der Waals surface area contributed by atoms with Crippen LogP contribution in [0.5, 0.6) is 0 Å². The average molecular weight is 714 g/mol. The van der Waals surface area contributed by atoms with E-state index in [2.05, 4.69) is 21.3 Å². The number of amides is 4. The molecule has 49 heavy (non-hydrogen) atoms. The molecule has 1 saturated heterocycles. The van der Waals surface area contributed by atoms with Crippen molar-refractivity contribution in [2.75, 3.05) is 6.54 Å². The Hall–Kier alpha value is -3.63. The number of Topliss-reactive ketones (excluding diaryl/α,β-unsaturated/α-hetero) is 1. The quantitative estimate of drug-likeness (QED) is 0.179. The summed E-state index contributed by atoms with van der Waals surface area (Å²) in [5.41, 5.74) is 0.596. The molecule has 0 radical (unpaired) electrons. The predicted octanol–water partition coefficient (Wildman–Crippen LogP) is 5.94. The number of alkyl carbamates (subject to hydrolysis) is 1. The van der Waals surface area contributed by atoms with Crippen molar-refractivity contribution in [2.45, 2.75) is 108 Å². The van der Waals surface area contributed by atoms with Gasteiger partial charge in [-0.25, -0.2) is 4.79 Å². The van der Waals surface area contributed by atoms with Gasteiger partial charge in [-0.1, -0.05) is 99.5 Å². The molecule has 4 atom stereocenters. The Balaban J connectivity index is 1.38. The molecule has 2 aliphatic carbocycles. The van der Waals surface area contributed by atoms with Crippen LogP contribution in [0.3, 0.4) is 0 Å². The van der Waals surface area contributed by atoms with Crippen LogP contribution in [-0.2, 0) is 29.3 Å². The zero-order valence-corrected chi connectivity index (χ0v) is 29.6. The van der Waals surface area contributed by atoms with Crippen molar-refractivity contribution in [2.24, 2.45) is 11.8 Å². The molecule has 1 unspecified atom stereocenters. The van der Waals surface area contributed by atoms with Crippen molar-refractivity contribution in [3.63, 3.8) is 0 Å². The molecule has 1 aliphatic heterocycles. The highest BCUT2D eigenvalue weighted by molar-refractivity contribution is 6.38. The standard InChI is InChI=1S/C37H46Cl2N4O6/c1-37(2,24-11-8-12-25(38)21-24)32(27-13-6-7-14-28(27)39)49-36(48)43-30(19-22-9-4-3-5-10-22)34(46)42-29(20-23-17-18-40-33(23)45)31(44)35(47)41-26-15-16-26/h6-8,11-14,21-23,26,29-30,32H,3-5,9-10,15-20H2,1-2H3,(H,40,45)(H,41,47)(H,42,46)(H,43,48)/t23-,29-,30-,32?/m0/s1. The first-order valence-electron chi connectivity index (χ1n) is 17.3. The van der Waals surface area contributed by atoms with E-state index in [0.29, 0.717) is 35.0 Å². The number of carbonyl (C=O) groups is 5. The SMILES string of the molecule is CC(C)(c1cccc(Cl)c1)C(OC(=O)N[C@@H](CC1CCCCC1)C(=O)N[C@@H](C[C@@H]1CCNC1=O)C(=O)C(=O)NC1CC1)c1ccccc1Cl. The third kappa shape index (κ3) is 9.75. The zero-order valence-electron chi connectivity index (χ0n) is 28.1. The minimum absolute atomic E-state index is 0.0164. The maximum atomic E-state index is 14.0. The number of hydrogen-bond acceptors (Lipinski definition) is 6. The molecule has 10 nitrogen and oxygen atoms in total. The van der Waals surface area contributed by atoms with E-state index in [9.17, 15) is 24.0 Å². The number of rotatable bonds is 14. The van der Waals surface area contributed by atoms with Gasteiger partial charge >= 0.3 is 6.09 Å². The minimum atomic E-state index is -1.23. The Kier molecular flexibility index (Phi) is 12.3. The van der Waals surface area contributed by atoms with Crippen molar-refractivity contribution in [3.05, 3.63) is 69.7 Å². The molecule has 5 rings (SSSR count). The average Bonchev–Trinajstić information content (AvgIpc) is 3.81. The lowest BCUT2D eigenvalue weighted by atomic mass is 9.76. The first-order valence-corrected chi connectivity index (χ1v) is 18.1. The van der Waals surface area contributed by atoms with E-state index in [1.54, 1.807) is 24.3 Å². The summed E-state index contributed by atoms with van der Waals surface area (Å²) in [4.78, 5) is 66.5. The third-order valence-electron chi connectivity index (χ3n) is 9.99. The highest BCUT2D eigenvalue weighted by atomic mass is 35.5. The van der Waals surface area contributed by atoms with Gasteiger partial charge in [-0.2, -0.15) is 0 Å². The normalized spacial score (nSPS) is 20.0. The van der Waals surface area contributed by atoms with E-state index in [4.69, 9.17) is 27.9 Å². The van der Waals surface area contributed by atoms with E-state index in [1.165, 1.54) is 0 Å². The van der Waals surface area contributed by atoms with Gasteiger partial charge in [0.15, 0.2) is 0 Å². The Bertz CT molecular complexity index is 1540. The van der Waals surface area contributed by atoms with Crippen LogP contribution in [0.15, 0.2) is 48.5 Å². The van der Waals surface area contributed by atoms with Crippen LogP contribution in [0, 0.1) is 11.8 Å². The van der Waals surface area contributed by atoms with E-state index in [-0.39, 0.29) is 24.3 Å². The maximum absolute atomic E-state index is 14.0. The molecule has 2 aromatic carbocycles. The van der Waals surface area contributed by atoms with Crippen LogP contribution in [0.25, 0.3) is 0 Å². The van der Waals surface area contributed by atoms with Crippen molar-refractivity contribution >= 4 is 52.8 Å². The van der Waals surface area contributed by atoms with Crippen molar-refractivity contribution in [1.82, 2.24) is 21.3 Å². The van der Waals surface area contributed by atoms with Crippen molar-refractivity contribution < 1.29 is 28.7 Å². The summed E-state index contributed by atoms with van der Waals surface area (Å²) in [7, 11) is 0. The van der Waals surface area contributed by atoms with Gasteiger partial charge in [0.2, 0.25) is 17.6 Å². The molecule has 4 N–H and O–H groups in total. The molecule has 4 amide bonds. The van der Waals surface area contributed by atoms with Crippen LogP contribution in [0.2, 0.25) is 10.0 Å². The molecule has 0 bridgehead atoms. The van der Waals surface area contributed by atoms with Gasteiger partial charge in [0, 0.05) is 39.5 Å². The van der Waals surface area contributed by atoms with Gasteiger partial charge in [0.25, 0.3) is 5.91 Å². The first-order chi connectivity index (χ1) is 23.4. The lowest BCUT2D eigenvalue weighted by molar-refractivity contribution is -0.141. The molecule has 264 valence electrons. The summed E-state index contributed by atoms with van der Waals surface area (Å²) in [5.74, 6) is -2.78. The Morgan fingerprint density at radius 3 is 2.29 bits per heavy atom. The molecule has 12 heteroatoms. The number of halogens is 2. The van der Waals surface area contributed by atoms with E-state index in [1.807, 2.05) is 38.1 Å². The number of carbonyl (C=O) groups excluding carboxylic acids is 5. The molecule has 1 heterocycles. The summed E-state index contributed by atoms with van der Waals surface area (Å²) in [6.45, 7) is 4.31. The highest BCUT2D eigenvalue weighted by Crippen LogP contribution is 2.42. The molecule has 2 saturated carbocycles. The zero-order chi connectivity index (χ0) is 35.1. The largest absolute Gasteiger partial charge is 0.440 e. The van der Waals surface area contributed by atoms with E-state index < -0.39 is 53.2 Å². The van der Waals surface area contributed by atoms with Gasteiger partial charge in [-0.15, -0.1) is 0 Å². The van der Waals surface area contributed by atoms with Crippen molar-refractivity contribution in [3.8, 4) is 0 Å². The third-order valence-corrected chi connectivity index (χ3v) is 10.6. The number of benzene rings is 2. The minimum Gasteiger partial charge on any atom is -0.440 e. The Morgan fingerprint density at radius 1 is 0.898 bits per heavy atom. The number of hydrogen-bond donors (Lipinski definition) is 4. The van der Waals surface area contributed by atoms with Gasteiger partial charge in [-0.3, -0.25) is 19.2 Å². The van der Waals surface area contributed by atoms with Gasteiger partial charge in [0.1, 0.15) is 12.1 Å². The molecule has 0 spiro atoms. The second kappa shape index (κ2) is 16.4. The van der Waals surface area contributed by atoms with Crippen molar-refractivity contribution in [1.29, 1.82) is 0 Å². The summed E-state index contributed by atoms with van der Waals surface area (Å²) >= 11 is 13.0. The van der Waals surface area contributed by atoms with Crippen LogP contribution < -0.4 is 21.3 Å². The molecule has 2 aromatic rings. The topological polar surface area (TPSA) is 143 Å². The van der Waals surface area contributed by atoms with Crippen LogP contribution >= 0.6 is 23.2 Å². The fraction of sp³-hybridized carbons (Fsp3) is 0.541. The summed E-state index contributed by atoms with van der Waals surface area (Å²) in [6.07, 6.45) is 5.63. The molecular formula is C37H46Cl2N4O6. The van der Waals surface area contributed by atoms with E-state index >= 15 is 0 Å². The first kappa shape index (κ1) is 36.6. The summed E-state index contributed by atoms with van der Waals surface area (Å²) in [6, 6.07) is 12.1. The van der Waals surface area contributed by atoms with Gasteiger partial charge in [-0.05, 0) is 61.8 Å². The number of ether oxygens (including phenoxy) is 1. The summed E-state index contributed by atoms with van der Waals surface area (Å²) in [5, 5.41) is 11.9. The monoisotopic (exact) mass is 712 g/mol. The highest BCUT2D eigenvalue weighted by Gasteiger charge is 2.40. The van der Waals surface area contributed by atoms with Crippen LogP contribution in [0.1, 0.15) is 95.3 Å². The fourth-order valence-electron chi connectivity index (χ4n) is 6.90. The second-order valence-electron chi connectivity index (χ2n) is 14.2. The lowest BCUT2D eigenvalue weighted by Crippen LogP contribution is -2.55. The fourth-order valence-corrected chi connectivity index (χ4v) is 7.32. The predicted molar refractivity (Wildman–Crippen MR) is 187 cm³/mol.